The zero-order chi connectivity index (χ0) is 23.0. The van der Waals surface area contributed by atoms with E-state index >= 15 is 0 Å². The highest BCUT2D eigenvalue weighted by molar-refractivity contribution is 5.42. The molecule has 0 saturated heterocycles. The average molecular weight is 453 g/mol. The predicted molar refractivity (Wildman–Crippen MR) is 120 cm³/mol. The van der Waals surface area contributed by atoms with Crippen LogP contribution in [0.5, 0.6) is 0 Å². The molecule has 33 heavy (non-hydrogen) atoms. The fourth-order valence-electron chi connectivity index (χ4n) is 4.20. The molecule has 0 aliphatic heterocycles. The molecule has 0 spiro atoms. The summed E-state index contributed by atoms with van der Waals surface area (Å²) >= 11 is 0. The summed E-state index contributed by atoms with van der Waals surface area (Å²) in [6.07, 6.45) is 9.93. The Morgan fingerprint density at radius 2 is 1.79 bits per heavy atom. The Morgan fingerprint density at radius 3 is 2.42 bits per heavy atom. The van der Waals surface area contributed by atoms with Gasteiger partial charge in [0.15, 0.2) is 0 Å². The van der Waals surface area contributed by atoms with Crippen molar-refractivity contribution >= 4 is 11.8 Å². The molecule has 0 aromatic carbocycles. The van der Waals surface area contributed by atoms with Gasteiger partial charge in [-0.3, -0.25) is 9.36 Å². The molecule has 3 aromatic heterocycles. The second-order valence-electron chi connectivity index (χ2n) is 8.86. The first-order chi connectivity index (χ1) is 15.9. The molecule has 0 radical (unpaired) electrons. The lowest BCUT2D eigenvalue weighted by molar-refractivity contribution is 0.0157. The summed E-state index contributed by atoms with van der Waals surface area (Å²) in [4.78, 5) is 21.2. The summed E-state index contributed by atoms with van der Waals surface area (Å²) in [6, 6.07) is 6.50. The third-order valence-electron chi connectivity index (χ3n) is 6.14. The molecule has 3 aromatic rings. The van der Waals surface area contributed by atoms with Crippen LogP contribution in [0.3, 0.4) is 0 Å². The Kier molecular flexibility index (Phi) is 5.51. The van der Waals surface area contributed by atoms with Gasteiger partial charge in [-0.15, -0.1) is 10.2 Å². The molecule has 0 amide bonds. The number of alkyl halides is 2. The highest BCUT2D eigenvalue weighted by Crippen LogP contribution is 2.38. The number of halogens is 2. The van der Waals surface area contributed by atoms with Crippen LogP contribution in [-0.2, 0) is 5.92 Å². The van der Waals surface area contributed by atoms with Crippen molar-refractivity contribution in [2.45, 2.75) is 63.0 Å². The molecule has 2 N–H and O–H groups in total. The summed E-state index contributed by atoms with van der Waals surface area (Å²) in [6.45, 7) is 0.717. The quantitative estimate of drug-likeness (QED) is 0.561. The minimum absolute atomic E-state index is 0.226. The third-order valence-corrected chi connectivity index (χ3v) is 6.14. The molecule has 2 aliphatic carbocycles. The molecule has 8 nitrogen and oxygen atoms in total. The lowest BCUT2D eigenvalue weighted by Crippen LogP contribution is -2.27. The van der Waals surface area contributed by atoms with Crippen molar-refractivity contribution in [3.8, 4) is 5.69 Å². The van der Waals surface area contributed by atoms with Crippen LogP contribution in [0.4, 0.5) is 20.5 Å². The van der Waals surface area contributed by atoms with Gasteiger partial charge in [0, 0.05) is 31.1 Å². The molecule has 2 fully saturated rings. The summed E-state index contributed by atoms with van der Waals surface area (Å²) in [5, 5.41) is 15.2. The van der Waals surface area contributed by atoms with Crippen LogP contribution in [0.15, 0.2) is 47.7 Å². The van der Waals surface area contributed by atoms with E-state index in [9.17, 15) is 13.6 Å². The van der Waals surface area contributed by atoms with Crippen LogP contribution in [0.2, 0.25) is 0 Å². The van der Waals surface area contributed by atoms with Gasteiger partial charge in [0.25, 0.3) is 11.5 Å². The van der Waals surface area contributed by atoms with Crippen LogP contribution >= 0.6 is 0 Å². The monoisotopic (exact) mass is 453 g/mol. The predicted octanol–water partition coefficient (Wildman–Crippen LogP) is 3.85. The van der Waals surface area contributed by atoms with Crippen molar-refractivity contribution in [3.63, 3.8) is 0 Å². The first kappa shape index (κ1) is 21.4. The van der Waals surface area contributed by atoms with Crippen molar-refractivity contribution in [1.29, 1.82) is 0 Å². The molecule has 2 aliphatic rings. The average Bonchev–Trinajstić information content (AvgIpc) is 3.55. The topological polar surface area (TPSA) is 97.6 Å². The van der Waals surface area contributed by atoms with Gasteiger partial charge in [-0.2, -0.15) is 0 Å². The Bertz CT molecular complexity index is 1170. The molecule has 5 rings (SSSR count). The Hall–Kier alpha value is -3.43. The number of nitrogens with zero attached hydrogens (tertiary/aromatic N) is 5. The second kappa shape index (κ2) is 8.49. The maximum Gasteiger partial charge on any atom is 0.275 e. The minimum atomic E-state index is -3.21. The highest BCUT2D eigenvalue weighted by Gasteiger charge is 2.29. The van der Waals surface area contributed by atoms with E-state index in [2.05, 4.69) is 30.8 Å². The SMILES string of the molecule is CC(F)(F)c1cccn(-c2ccc(N[C@H]3CC[C@H](Nc4ncc(C5CC5)nn4)C3)nc2)c1=O. The van der Waals surface area contributed by atoms with E-state index in [0.29, 0.717) is 23.4 Å². The van der Waals surface area contributed by atoms with Gasteiger partial charge < -0.3 is 10.6 Å². The van der Waals surface area contributed by atoms with Crippen LogP contribution in [0, 0.1) is 0 Å². The van der Waals surface area contributed by atoms with Crippen molar-refractivity contribution in [2.24, 2.45) is 0 Å². The highest BCUT2D eigenvalue weighted by atomic mass is 19.3. The molecule has 0 unspecified atom stereocenters. The number of rotatable bonds is 7. The fraction of sp³-hybridized carbons (Fsp3) is 0.435. The van der Waals surface area contributed by atoms with Crippen molar-refractivity contribution in [3.05, 3.63) is 64.5 Å². The van der Waals surface area contributed by atoms with Gasteiger partial charge in [0.05, 0.1) is 29.3 Å². The summed E-state index contributed by atoms with van der Waals surface area (Å²) in [7, 11) is 0. The summed E-state index contributed by atoms with van der Waals surface area (Å²) in [5.41, 5.74) is 0.109. The van der Waals surface area contributed by atoms with E-state index in [4.69, 9.17) is 0 Å². The molecular weight excluding hydrogens is 428 g/mol. The summed E-state index contributed by atoms with van der Waals surface area (Å²) < 4.78 is 28.5. The normalized spacial score (nSPS) is 20.6. The van der Waals surface area contributed by atoms with Crippen molar-refractivity contribution in [1.82, 2.24) is 24.7 Å². The van der Waals surface area contributed by atoms with Gasteiger partial charge in [-0.05, 0) is 56.4 Å². The van der Waals surface area contributed by atoms with Gasteiger partial charge in [-0.1, -0.05) is 0 Å². The van der Waals surface area contributed by atoms with Crippen LogP contribution in [0.1, 0.15) is 56.2 Å². The zero-order valence-corrected chi connectivity index (χ0v) is 18.2. The largest absolute Gasteiger partial charge is 0.367 e. The zero-order valence-electron chi connectivity index (χ0n) is 18.2. The molecule has 172 valence electrons. The number of anilines is 2. The van der Waals surface area contributed by atoms with Crippen molar-refractivity contribution < 1.29 is 8.78 Å². The lowest BCUT2D eigenvalue weighted by atomic mass is 10.1. The van der Waals surface area contributed by atoms with E-state index in [0.717, 1.165) is 37.9 Å². The second-order valence-corrected chi connectivity index (χ2v) is 8.86. The van der Waals surface area contributed by atoms with Crippen LogP contribution < -0.4 is 16.2 Å². The van der Waals surface area contributed by atoms with Crippen molar-refractivity contribution in [2.75, 3.05) is 10.6 Å². The van der Waals surface area contributed by atoms with Gasteiger partial charge >= 0.3 is 0 Å². The Morgan fingerprint density at radius 1 is 1.00 bits per heavy atom. The van der Waals surface area contributed by atoms with E-state index in [1.165, 1.54) is 35.9 Å². The van der Waals surface area contributed by atoms with E-state index < -0.39 is 17.0 Å². The molecule has 10 heteroatoms. The number of hydrogen-bond donors (Lipinski definition) is 2. The first-order valence-electron chi connectivity index (χ1n) is 11.2. The van der Waals surface area contributed by atoms with Crippen LogP contribution in [-0.4, -0.2) is 36.8 Å². The van der Waals surface area contributed by atoms with Gasteiger partial charge in [-0.25, -0.2) is 18.7 Å². The summed E-state index contributed by atoms with van der Waals surface area (Å²) in [5.74, 6) is -1.45. The molecular formula is C23H25F2N7O. The smallest absolute Gasteiger partial charge is 0.275 e. The van der Waals surface area contributed by atoms with E-state index in [1.54, 1.807) is 12.1 Å². The Labute approximate surface area is 189 Å². The number of aromatic nitrogens is 5. The Balaban J connectivity index is 1.19. The third kappa shape index (κ3) is 4.84. The minimum Gasteiger partial charge on any atom is -0.367 e. The van der Waals surface area contributed by atoms with Crippen LogP contribution in [0.25, 0.3) is 5.69 Å². The van der Waals surface area contributed by atoms with Gasteiger partial charge in [0.2, 0.25) is 5.95 Å². The van der Waals surface area contributed by atoms with E-state index in [1.807, 2.05) is 6.20 Å². The molecule has 2 saturated carbocycles. The first-order valence-corrected chi connectivity index (χ1v) is 11.2. The number of nitrogens with one attached hydrogen (secondary N) is 2. The maximum atomic E-state index is 13.7. The number of pyridine rings is 2. The van der Waals surface area contributed by atoms with E-state index in [-0.39, 0.29) is 12.1 Å². The lowest BCUT2D eigenvalue weighted by Gasteiger charge is -2.16. The molecule has 0 bridgehead atoms. The maximum absolute atomic E-state index is 13.7. The number of hydrogen-bond acceptors (Lipinski definition) is 7. The molecule has 3 heterocycles. The fourth-order valence-corrected chi connectivity index (χ4v) is 4.20. The molecule has 2 atom stereocenters. The van der Waals surface area contributed by atoms with Gasteiger partial charge in [0.1, 0.15) is 5.82 Å². The standard InChI is InChI=1S/C23H25F2N7O/c1-23(24,25)18-3-2-10-32(21(18)33)17-8-9-20(26-12-17)28-15-6-7-16(11-15)29-22-27-13-19(30-31-22)14-4-5-14/h2-3,8-10,12-16H,4-7,11H2,1H3,(H,26,28)(H,27,29,31)/t15-,16-/m0/s1.